The Morgan fingerprint density at radius 3 is 2.39 bits per heavy atom. The molecule has 0 saturated carbocycles. The molecule has 6 rings (SSSR count). The summed E-state index contributed by atoms with van der Waals surface area (Å²) in [6, 6.07) is 20.7. The Morgan fingerprint density at radius 1 is 1.00 bits per heavy atom. The molecule has 7 heteroatoms. The highest BCUT2D eigenvalue weighted by Crippen LogP contribution is 2.57. The number of rotatable bonds is 6. The van der Waals surface area contributed by atoms with Crippen molar-refractivity contribution in [3.63, 3.8) is 0 Å². The van der Waals surface area contributed by atoms with Crippen LogP contribution in [-0.4, -0.2) is 68.9 Å². The second kappa shape index (κ2) is 12.4. The minimum atomic E-state index is -0.584. The van der Waals surface area contributed by atoms with Crippen molar-refractivity contribution in [2.24, 2.45) is 5.41 Å². The Morgan fingerprint density at radius 2 is 1.71 bits per heavy atom. The van der Waals surface area contributed by atoms with Crippen molar-refractivity contribution in [2.75, 3.05) is 26.2 Å². The summed E-state index contributed by atoms with van der Waals surface area (Å²) in [4.78, 5) is 31.6. The van der Waals surface area contributed by atoms with Gasteiger partial charge in [0.15, 0.2) is 5.78 Å². The van der Waals surface area contributed by atoms with Gasteiger partial charge < -0.3 is 15.0 Å². The Bertz CT molecular complexity index is 1320. The lowest BCUT2D eigenvalue weighted by molar-refractivity contribution is -0.147. The molecular formula is C34H44N4O3. The van der Waals surface area contributed by atoms with Gasteiger partial charge in [-0.05, 0) is 30.4 Å². The van der Waals surface area contributed by atoms with Gasteiger partial charge in [-0.25, -0.2) is 4.98 Å². The summed E-state index contributed by atoms with van der Waals surface area (Å²) in [5.41, 5.74) is 2.44. The molecule has 1 aromatic heterocycles. The molecule has 3 atom stereocenters. The van der Waals surface area contributed by atoms with Gasteiger partial charge in [0.2, 0.25) is 0 Å². The molecule has 3 saturated heterocycles. The van der Waals surface area contributed by atoms with E-state index in [0.717, 1.165) is 56.0 Å². The molecule has 7 nitrogen and oxygen atoms in total. The minimum absolute atomic E-state index is 0.0624. The monoisotopic (exact) mass is 556 g/mol. The maximum Gasteiger partial charge on any atom is 0.155 e. The van der Waals surface area contributed by atoms with Crippen LogP contribution in [0, 0.1) is 5.41 Å². The molecule has 3 aliphatic rings. The zero-order valence-corrected chi connectivity index (χ0v) is 24.7. The van der Waals surface area contributed by atoms with Gasteiger partial charge in [0.05, 0.1) is 17.8 Å². The summed E-state index contributed by atoms with van der Waals surface area (Å²) in [6.07, 6.45) is 5.93. The number of fused-ring (bicyclic) bond motifs is 1. The number of benzene rings is 2. The van der Waals surface area contributed by atoms with Crippen molar-refractivity contribution in [2.45, 2.75) is 76.9 Å². The second-order valence-corrected chi connectivity index (χ2v) is 12.7. The number of hydrogen-bond donors (Lipinski definition) is 2. The van der Waals surface area contributed by atoms with Crippen LogP contribution in [0.5, 0.6) is 0 Å². The Balaban J connectivity index is 0.000000365. The highest BCUT2D eigenvalue weighted by molar-refractivity contribution is 5.93. The first-order valence-corrected chi connectivity index (χ1v) is 15.0. The van der Waals surface area contributed by atoms with Gasteiger partial charge >= 0.3 is 0 Å². The van der Waals surface area contributed by atoms with E-state index in [1.54, 1.807) is 0 Å². The smallest absolute Gasteiger partial charge is 0.155 e. The molecule has 41 heavy (non-hydrogen) atoms. The van der Waals surface area contributed by atoms with Gasteiger partial charge in [0, 0.05) is 62.6 Å². The van der Waals surface area contributed by atoms with Crippen molar-refractivity contribution < 1.29 is 14.7 Å². The van der Waals surface area contributed by atoms with Crippen molar-refractivity contribution in [1.29, 1.82) is 0 Å². The number of nitrogens with zero attached hydrogens (tertiary/aromatic N) is 3. The molecule has 218 valence electrons. The number of carbonyl (C=O) groups is 2. The summed E-state index contributed by atoms with van der Waals surface area (Å²) < 4.78 is 2.25. The van der Waals surface area contributed by atoms with E-state index in [-0.39, 0.29) is 24.0 Å². The zero-order valence-electron chi connectivity index (χ0n) is 24.7. The van der Waals surface area contributed by atoms with Gasteiger partial charge in [-0.15, -0.1) is 0 Å². The first-order chi connectivity index (χ1) is 19.7. The van der Waals surface area contributed by atoms with E-state index < -0.39 is 5.54 Å². The molecule has 0 aliphatic carbocycles. The van der Waals surface area contributed by atoms with Crippen LogP contribution in [0.4, 0.5) is 0 Å². The van der Waals surface area contributed by atoms with Crippen molar-refractivity contribution in [3.05, 3.63) is 78.2 Å². The van der Waals surface area contributed by atoms with Crippen molar-refractivity contribution in [3.8, 4) is 11.3 Å². The molecule has 2 N–H and O–H groups in total. The van der Waals surface area contributed by atoms with Crippen LogP contribution >= 0.6 is 0 Å². The highest BCUT2D eigenvalue weighted by Gasteiger charge is 2.66. The Hall–Kier alpha value is -3.13. The topological polar surface area (TPSA) is 87.5 Å². The minimum Gasteiger partial charge on any atom is -0.395 e. The molecule has 0 radical (unpaired) electrons. The van der Waals surface area contributed by atoms with Gasteiger partial charge in [0.25, 0.3) is 0 Å². The third kappa shape index (κ3) is 6.08. The van der Waals surface area contributed by atoms with Crippen LogP contribution in [0.15, 0.2) is 66.9 Å². The molecule has 1 unspecified atom stereocenters. The maximum atomic E-state index is 13.5. The van der Waals surface area contributed by atoms with Crippen LogP contribution in [0.3, 0.4) is 0 Å². The lowest BCUT2D eigenvalue weighted by Crippen LogP contribution is -2.70. The summed E-state index contributed by atoms with van der Waals surface area (Å²) >= 11 is 0. The van der Waals surface area contributed by atoms with Gasteiger partial charge in [-0.3, -0.25) is 14.5 Å². The number of hydrogen-bond acceptors (Lipinski definition) is 6. The maximum absolute atomic E-state index is 13.5. The lowest BCUT2D eigenvalue weighted by atomic mass is 9.60. The number of imidazole rings is 1. The quantitative estimate of drug-likeness (QED) is 0.452. The van der Waals surface area contributed by atoms with Crippen LogP contribution in [0.1, 0.15) is 70.2 Å². The molecule has 3 aliphatic heterocycles. The number of Topliss-reactive ketones (excluding diaryl/α,β-unsaturated/α-hetero) is 2. The number of carbonyl (C=O) groups excluding carboxylic acids is 2. The summed E-state index contributed by atoms with van der Waals surface area (Å²) in [5.74, 6) is 1.59. The second-order valence-electron chi connectivity index (χ2n) is 12.7. The zero-order chi connectivity index (χ0) is 29.0. The molecule has 4 heterocycles. The third-order valence-electron chi connectivity index (χ3n) is 8.84. The van der Waals surface area contributed by atoms with E-state index in [0.29, 0.717) is 31.0 Å². The van der Waals surface area contributed by atoms with Crippen LogP contribution in [0.2, 0.25) is 0 Å². The molecule has 3 fully saturated rings. The number of aromatic nitrogens is 2. The van der Waals surface area contributed by atoms with E-state index in [2.05, 4.69) is 78.2 Å². The predicted molar refractivity (Wildman–Crippen MR) is 162 cm³/mol. The van der Waals surface area contributed by atoms with Crippen molar-refractivity contribution in [1.82, 2.24) is 19.8 Å². The summed E-state index contributed by atoms with van der Waals surface area (Å²) in [7, 11) is 0. The largest absolute Gasteiger partial charge is 0.395 e. The van der Waals surface area contributed by atoms with E-state index in [1.807, 2.05) is 24.3 Å². The molecule has 3 aromatic rings. The van der Waals surface area contributed by atoms with Crippen LogP contribution < -0.4 is 5.32 Å². The Kier molecular flexibility index (Phi) is 8.88. The fourth-order valence-electron chi connectivity index (χ4n) is 7.02. The van der Waals surface area contributed by atoms with Crippen molar-refractivity contribution >= 4 is 11.6 Å². The van der Waals surface area contributed by atoms with Gasteiger partial charge in [-0.1, -0.05) is 81.4 Å². The molecular weight excluding hydrogens is 512 g/mol. The number of aliphatic hydroxyl groups excluding tert-OH is 1. The number of aliphatic hydroxyl groups is 1. The fourth-order valence-corrected chi connectivity index (χ4v) is 7.02. The SMILES string of the molecule is CC(C)(C)[C@@H](c1nc(-c2ccccc2)cn1Cc1ccccc1)C12C[C@@H](CO)N1CCC2=O.O=C1CCCNCC1. The third-order valence-corrected chi connectivity index (χ3v) is 8.84. The molecule has 2 aromatic carbocycles. The van der Waals surface area contributed by atoms with Crippen LogP contribution in [0.25, 0.3) is 11.3 Å². The standard InChI is InChI=1S/C28H33N3O2.C6H11NO/c1-27(2,3)25(28-16-22(19-32)31(28)15-14-24(28)33)26-29-23(21-12-8-5-9-13-21)18-30(26)17-20-10-6-4-7-11-20;8-6-2-1-4-7-5-3-6/h4-13,18,22,25,32H,14-17,19H2,1-3H3;7H,1-5H2/t22-,25+,28?;/m0./s1. The van der Waals surface area contributed by atoms with Crippen LogP contribution in [-0.2, 0) is 16.1 Å². The van der Waals surface area contributed by atoms with Gasteiger partial charge in [0.1, 0.15) is 11.6 Å². The fraction of sp³-hybridized carbons (Fsp3) is 0.500. The van der Waals surface area contributed by atoms with Gasteiger partial charge in [-0.2, -0.15) is 0 Å². The summed E-state index contributed by atoms with van der Waals surface area (Å²) in [6.45, 7) is 10.1. The summed E-state index contributed by atoms with van der Waals surface area (Å²) in [5, 5.41) is 13.1. The Labute approximate surface area is 244 Å². The average Bonchev–Trinajstić information content (AvgIpc) is 3.33. The van der Waals surface area contributed by atoms with E-state index in [9.17, 15) is 14.7 Å². The number of nitrogens with one attached hydrogen (secondary N) is 1. The van der Waals surface area contributed by atoms with E-state index in [1.165, 1.54) is 5.56 Å². The normalized spacial score (nSPS) is 23.7. The molecule has 0 amide bonds. The first-order valence-electron chi connectivity index (χ1n) is 15.0. The number of ketones is 2. The molecule has 0 bridgehead atoms. The first kappa shape index (κ1) is 29.4. The lowest BCUT2D eigenvalue weighted by Gasteiger charge is -2.59. The predicted octanol–water partition coefficient (Wildman–Crippen LogP) is 4.84. The molecule has 0 spiro atoms. The van der Waals surface area contributed by atoms with E-state index >= 15 is 0 Å². The van der Waals surface area contributed by atoms with E-state index in [4.69, 9.17) is 4.98 Å². The highest BCUT2D eigenvalue weighted by atomic mass is 16.3. The average molecular weight is 557 g/mol.